The second kappa shape index (κ2) is 9.44. The van der Waals surface area contributed by atoms with E-state index in [1.165, 1.54) is 38.5 Å². The van der Waals surface area contributed by atoms with Gasteiger partial charge in [0.05, 0.1) is 20.6 Å². The molecular formula is C25H21FN2O5. The van der Waals surface area contributed by atoms with Gasteiger partial charge >= 0.3 is 0 Å². The number of rotatable bonds is 7. The maximum absolute atomic E-state index is 13.1. The largest absolute Gasteiger partial charge is 0.493 e. The number of anilines is 2. The zero-order chi connectivity index (χ0) is 23.4. The first-order valence-corrected chi connectivity index (χ1v) is 10.1. The minimum atomic E-state index is -0.546. The Morgan fingerprint density at radius 2 is 1.64 bits per heavy atom. The van der Waals surface area contributed by atoms with Crippen molar-refractivity contribution in [3.63, 3.8) is 0 Å². The topological polar surface area (TPSA) is 89.8 Å². The zero-order valence-electron chi connectivity index (χ0n) is 18.0. The molecule has 8 heteroatoms. The highest BCUT2D eigenvalue weighted by Crippen LogP contribution is 2.33. The fourth-order valence-electron chi connectivity index (χ4n) is 3.40. The van der Waals surface area contributed by atoms with Gasteiger partial charge in [-0.15, -0.1) is 0 Å². The van der Waals surface area contributed by atoms with Crippen LogP contribution in [0.15, 0.2) is 71.1 Å². The third-order valence-electron chi connectivity index (χ3n) is 4.99. The number of benzene rings is 3. The second-order valence-electron chi connectivity index (χ2n) is 7.18. The van der Waals surface area contributed by atoms with Gasteiger partial charge in [-0.3, -0.25) is 9.59 Å². The number of carbonyl (C=O) groups is 2. The number of ether oxygens (including phenoxy) is 2. The van der Waals surface area contributed by atoms with Crippen molar-refractivity contribution in [2.24, 2.45) is 0 Å². The molecule has 7 nitrogen and oxygen atoms in total. The van der Waals surface area contributed by atoms with Crippen LogP contribution in [0.1, 0.15) is 16.1 Å². The number of methoxy groups -OCH3 is 2. The van der Waals surface area contributed by atoms with E-state index in [1.807, 2.05) is 0 Å². The van der Waals surface area contributed by atoms with Gasteiger partial charge in [0.25, 0.3) is 5.91 Å². The minimum absolute atomic E-state index is 0.0104. The molecule has 4 rings (SSSR count). The first-order valence-electron chi connectivity index (χ1n) is 10.1. The molecular weight excluding hydrogens is 427 g/mol. The maximum atomic E-state index is 13.1. The van der Waals surface area contributed by atoms with Gasteiger partial charge in [-0.2, -0.15) is 0 Å². The van der Waals surface area contributed by atoms with Crippen molar-refractivity contribution in [2.45, 2.75) is 6.42 Å². The molecule has 168 valence electrons. The van der Waals surface area contributed by atoms with Crippen molar-refractivity contribution in [3.05, 3.63) is 83.9 Å². The molecule has 0 saturated heterocycles. The Morgan fingerprint density at radius 1 is 0.909 bits per heavy atom. The Morgan fingerprint density at radius 3 is 2.36 bits per heavy atom. The predicted octanol–water partition coefficient (Wildman–Crippen LogP) is 5.02. The van der Waals surface area contributed by atoms with Crippen LogP contribution in [0.2, 0.25) is 0 Å². The number of para-hydroxylation sites is 1. The molecule has 3 aromatic carbocycles. The summed E-state index contributed by atoms with van der Waals surface area (Å²) in [6, 6.07) is 17.6. The Bertz CT molecular complexity index is 1310. The monoisotopic (exact) mass is 448 g/mol. The predicted molar refractivity (Wildman–Crippen MR) is 122 cm³/mol. The number of fused-ring (bicyclic) bond motifs is 1. The van der Waals surface area contributed by atoms with E-state index in [4.69, 9.17) is 13.9 Å². The number of amides is 2. The van der Waals surface area contributed by atoms with Gasteiger partial charge in [0, 0.05) is 17.1 Å². The summed E-state index contributed by atoms with van der Waals surface area (Å²) >= 11 is 0. The SMILES string of the molecule is COc1ccc(NC(=O)c2oc3ccccc3c2NC(=O)Cc2ccc(F)cc2)cc1OC. The van der Waals surface area contributed by atoms with E-state index in [0.717, 1.165) is 0 Å². The van der Waals surface area contributed by atoms with E-state index < -0.39 is 5.91 Å². The lowest BCUT2D eigenvalue weighted by Gasteiger charge is -2.11. The fourth-order valence-corrected chi connectivity index (χ4v) is 3.40. The first-order chi connectivity index (χ1) is 16.0. The Hall–Kier alpha value is -4.33. The Labute approximate surface area is 189 Å². The highest BCUT2D eigenvalue weighted by molar-refractivity contribution is 6.14. The highest BCUT2D eigenvalue weighted by Gasteiger charge is 2.23. The molecule has 1 heterocycles. The summed E-state index contributed by atoms with van der Waals surface area (Å²) in [4.78, 5) is 25.8. The summed E-state index contributed by atoms with van der Waals surface area (Å²) in [5.41, 5.74) is 1.81. The van der Waals surface area contributed by atoms with E-state index in [2.05, 4.69) is 10.6 Å². The van der Waals surface area contributed by atoms with Gasteiger partial charge in [0.1, 0.15) is 17.1 Å². The molecule has 0 fully saturated rings. The molecule has 0 aliphatic rings. The molecule has 1 aromatic heterocycles. The molecule has 0 bridgehead atoms. The average Bonchev–Trinajstić information content (AvgIpc) is 3.19. The van der Waals surface area contributed by atoms with Gasteiger partial charge < -0.3 is 24.5 Å². The Balaban J connectivity index is 1.61. The van der Waals surface area contributed by atoms with Crippen LogP contribution in [-0.2, 0) is 11.2 Å². The molecule has 0 spiro atoms. The van der Waals surface area contributed by atoms with E-state index in [-0.39, 0.29) is 29.6 Å². The maximum Gasteiger partial charge on any atom is 0.293 e. The van der Waals surface area contributed by atoms with Crippen molar-refractivity contribution in [2.75, 3.05) is 24.9 Å². The second-order valence-corrected chi connectivity index (χ2v) is 7.18. The van der Waals surface area contributed by atoms with Crippen LogP contribution in [0.4, 0.5) is 15.8 Å². The lowest BCUT2D eigenvalue weighted by molar-refractivity contribution is -0.115. The molecule has 0 unspecified atom stereocenters. The van der Waals surface area contributed by atoms with Crippen molar-refractivity contribution < 1.29 is 27.9 Å². The molecule has 4 aromatic rings. The van der Waals surface area contributed by atoms with Crippen LogP contribution < -0.4 is 20.1 Å². The molecule has 2 N–H and O–H groups in total. The molecule has 0 aliphatic heterocycles. The van der Waals surface area contributed by atoms with Crippen LogP contribution in [0, 0.1) is 5.82 Å². The van der Waals surface area contributed by atoms with Gasteiger partial charge in [0.15, 0.2) is 11.5 Å². The highest BCUT2D eigenvalue weighted by atomic mass is 19.1. The number of nitrogens with one attached hydrogen (secondary N) is 2. The Kier molecular flexibility index (Phi) is 6.26. The first kappa shape index (κ1) is 21.9. The lowest BCUT2D eigenvalue weighted by Crippen LogP contribution is -2.18. The van der Waals surface area contributed by atoms with Gasteiger partial charge in [0.2, 0.25) is 11.7 Å². The molecule has 0 aliphatic carbocycles. The summed E-state index contributed by atoms with van der Waals surface area (Å²) in [5.74, 6) is -0.364. The van der Waals surface area contributed by atoms with Crippen LogP contribution >= 0.6 is 0 Å². The summed E-state index contributed by atoms with van der Waals surface area (Å²) in [6.07, 6.45) is 0.0104. The smallest absolute Gasteiger partial charge is 0.293 e. The van der Waals surface area contributed by atoms with Crippen LogP contribution in [0.25, 0.3) is 11.0 Å². The molecule has 0 atom stereocenters. The van der Waals surface area contributed by atoms with E-state index in [1.54, 1.807) is 42.5 Å². The molecule has 2 amide bonds. The zero-order valence-corrected chi connectivity index (χ0v) is 18.0. The molecule has 33 heavy (non-hydrogen) atoms. The van der Waals surface area contributed by atoms with Crippen molar-refractivity contribution in [3.8, 4) is 11.5 Å². The standard InChI is InChI=1S/C25H21FN2O5/c1-31-20-12-11-17(14-21(20)32-2)27-25(30)24-23(18-5-3-4-6-19(18)33-24)28-22(29)13-15-7-9-16(26)10-8-15/h3-12,14H,13H2,1-2H3,(H,27,30)(H,28,29). The lowest BCUT2D eigenvalue weighted by atomic mass is 10.1. The van der Waals surface area contributed by atoms with Crippen molar-refractivity contribution in [1.29, 1.82) is 0 Å². The van der Waals surface area contributed by atoms with E-state index >= 15 is 0 Å². The fraction of sp³-hybridized carbons (Fsp3) is 0.120. The summed E-state index contributed by atoms with van der Waals surface area (Å²) in [7, 11) is 3.02. The van der Waals surface area contributed by atoms with Gasteiger partial charge in [-0.05, 0) is 42.0 Å². The number of hydrogen-bond acceptors (Lipinski definition) is 5. The summed E-state index contributed by atoms with van der Waals surface area (Å²) < 4.78 is 29.4. The van der Waals surface area contributed by atoms with Gasteiger partial charge in [-0.1, -0.05) is 24.3 Å². The summed E-state index contributed by atoms with van der Waals surface area (Å²) in [6.45, 7) is 0. The van der Waals surface area contributed by atoms with Crippen LogP contribution in [0.5, 0.6) is 11.5 Å². The molecule has 0 radical (unpaired) electrons. The normalized spacial score (nSPS) is 10.6. The average molecular weight is 448 g/mol. The minimum Gasteiger partial charge on any atom is -0.493 e. The molecule has 0 saturated carbocycles. The number of hydrogen-bond donors (Lipinski definition) is 2. The van der Waals surface area contributed by atoms with Crippen LogP contribution in [-0.4, -0.2) is 26.0 Å². The van der Waals surface area contributed by atoms with Crippen molar-refractivity contribution in [1.82, 2.24) is 0 Å². The third-order valence-corrected chi connectivity index (χ3v) is 4.99. The van der Waals surface area contributed by atoms with E-state index in [0.29, 0.717) is 33.7 Å². The quantitative estimate of drug-likeness (QED) is 0.414. The number of halogens is 1. The summed E-state index contributed by atoms with van der Waals surface area (Å²) in [5, 5.41) is 6.11. The number of furan rings is 1. The van der Waals surface area contributed by atoms with E-state index in [9.17, 15) is 14.0 Å². The van der Waals surface area contributed by atoms with Gasteiger partial charge in [-0.25, -0.2) is 4.39 Å². The van der Waals surface area contributed by atoms with Crippen LogP contribution in [0.3, 0.4) is 0 Å². The number of carbonyl (C=O) groups excluding carboxylic acids is 2. The third kappa shape index (κ3) is 4.79. The van der Waals surface area contributed by atoms with Crippen molar-refractivity contribution >= 4 is 34.2 Å².